The molecule has 0 aliphatic rings. The number of aromatic amines is 1. The molecule has 3 heterocycles. The van der Waals surface area contributed by atoms with Crippen LogP contribution in [0.25, 0.3) is 31.8 Å². The van der Waals surface area contributed by atoms with E-state index in [0.29, 0.717) is 15.8 Å². The number of nitrogens with zero attached hydrogens (tertiary/aromatic N) is 1. The third-order valence-electron chi connectivity index (χ3n) is 4.02. The number of H-pyrrole nitrogens is 1. The number of hydrogen-bond donors (Lipinski definition) is 2. The van der Waals surface area contributed by atoms with Gasteiger partial charge < -0.3 is 14.8 Å². The van der Waals surface area contributed by atoms with Crippen LogP contribution in [0.2, 0.25) is 5.02 Å². The lowest BCUT2D eigenvalue weighted by molar-refractivity contribution is 0.373. The Kier molecular flexibility index (Phi) is 5.16. The van der Waals surface area contributed by atoms with Crippen LogP contribution in [0.5, 0.6) is 11.5 Å². The summed E-state index contributed by atoms with van der Waals surface area (Å²) in [5, 5.41) is 14.6. The van der Waals surface area contributed by atoms with Gasteiger partial charge >= 0.3 is 0 Å². The first-order valence-electron chi connectivity index (χ1n) is 7.97. The number of phenolic OH excluding ortho intramolecular Hbond substituents is 1. The van der Waals surface area contributed by atoms with Gasteiger partial charge in [-0.15, -0.1) is 22.7 Å². The first-order chi connectivity index (χ1) is 13.5. The number of methoxy groups -OCH3 is 1. The number of phenols is 1. The minimum absolute atomic E-state index is 0.130. The molecule has 2 N–H and O–H groups in total. The summed E-state index contributed by atoms with van der Waals surface area (Å²) in [6.45, 7) is 0. The molecule has 9 heteroatoms. The number of thiophene rings is 2. The van der Waals surface area contributed by atoms with Crippen LogP contribution in [0, 0.1) is 0 Å². The third-order valence-corrected chi connectivity index (χ3v) is 6.37. The van der Waals surface area contributed by atoms with Gasteiger partial charge in [0.2, 0.25) is 0 Å². The van der Waals surface area contributed by atoms with Crippen LogP contribution in [-0.4, -0.2) is 22.2 Å². The van der Waals surface area contributed by atoms with E-state index in [1.807, 2.05) is 22.9 Å². The summed E-state index contributed by atoms with van der Waals surface area (Å²) in [5.41, 5.74) is 1.21. The van der Waals surface area contributed by atoms with Crippen molar-refractivity contribution in [2.45, 2.75) is 0 Å². The van der Waals surface area contributed by atoms with E-state index in [2.05, 4.69) is 9.97 Å². The quantitative estimate of drug-likeness (QED) is 0.410. The molecule has 0 unspecified atom stereocenters. The van der Waals surface area contributed by atoms with E-state index in [1.54, 1.807) is 29.5 Å². The van der Waals surface area contributed by atoms with Crippen molar-refractivity contribution in [2.75, 3.05) is 7.11 Å². The van der Waals surface area contributed by atoms with E-state index in [1.165, 1.54) is 18.4 Å². The number of aromatic nitrogens is 2. The Morgan fingerprint density at radius 3 is 2.89 bits per heavy atom. The molecule has 1 aromatic carbocycles. The molecule has 0 saturated heterocycles. The second-order valence-electron chi connectivity index (χ2n) is 5.77. The van der Waals surface area contributed by atoms with Gasteiger partial charge in [-0.1, -0.05) is 29.3 Å². The van der Waals surface area contributed by atoms with Crippen LogP contribution in [0.15, 0.2) is 39.8 Å². The van der Waals surface area contributed by atoms with E-state index in [-0.39, 0.29) is 32.9 Å². The van der Waals surface area contributed by atoms with Crippen LogP contribution < -0.4 is 10.3 Å². The maximum absolute atomic E-state index is 12.7. The van der Waals surface area contributed by atoms with Crippen molar-refractivity contribution in [3.63, 3.8) is 0 Å². The largest absolute Gasteiger partial charge is 0.503 e. The van der Waals surface area contributed by atoms with Crippen LogP contribution in [-0.2, 0) is 0 Å². The van der Waals surface area contributed by atoms with Gasteiger partial charge in [0.05, 0.1) is 22.6 Å². The number of aromatic hydroxyl groups is 1. The first kappa shape index (κ1) is 19.0. The number of benzene rings is 1. The van der Waals surface area contributed by atoms with Crippen molar-refractivity contribution in [2.24, 2.45) is 0 Å². The Hall–Kier alpha value is -2.32. The fraction of sp³-hybridized carbons (Fsp3) is 0.0526. The monoisotopic (exact) mass is 450 g/mol. The maximum Gasteiger partial charge on any atom is 0.260 e. The minimum Gasteiger partial charge on any atom is -0.503 e. The molecular formula is C19H12Cl2N2O3S2. The lowest BCUT2D eigenvalue weighted by Gasteiger charge is -2.07. The zero-order valence-corrected chi connectivity index (χ0v) is 17.5. The highest BCUT2D eigenvalue weighted by molar-refractivity contribution is 7.18. The normalized spacial score (nSPS) is 11.9. The van der Waals surface area contributed by atoms with Gasteiger partial charge in [-0.2, -0.15) is 0 Å². The Bertz CT molecular complexity index is 1260. The first-order valence-corrected chi connectivity index (χ1v) is 10.5. The smallest absolute Gasteiger partial charge is 0.260 e. The number of nitrogens with one attached hydrogen (secondary N) is 1. The molecule has 3 aromatic heterocycles. The predicted octanol–water partition coefficient (Wildman–Crippen LogP) is 5.82. The average Bonchev–Trinajstić information content (AvgIpc) is 3.33. The summed E-state index contributed by atoms with van der Waals surface area (Å²) < 4.78 is 5.09. The summed E-state index contributed by atoms with van der Waals surface area (Å²) in [4.78, 5) is 21.6. The zero-order chi connectivity index (χ0) is 19.8. The number of fused-ring (bicyclic) bond motifs is 1. The van der Waals surface area contributed by atoms with Gasteiger partial charge in [0.25, 0.3) is 5.56 Å². The molecule has 4 rings (SSSR count). The van der Waals surface area contributed by atoms with Crippen LogP contribution in [0.1, 0.15) is 11.4 Å². The number of hydrogen-bond acceptors (Lipinski definition) is 6. The number of halogens is 2. The Labute approximate surface area is 177 Å². The summed E-state index contributed by atoms with van der Waals surface area (Å²) in [6, 6.07) is 7.03. The molecule has 0 aliphatic carbocycles. The van der Waals surface area contributed by atoms with E-state index in [0.717, 1.165) is 10.4 Å². The van der Waals surface area contributed by atoms with Crippen molar-refractivity contribution in [3.8, 4) is 21.9 Å². The molecular weight excluding hydrogens is 439 g/mol. The summed E-state index contributed by atoms with van der Waals surface area (Å²) >= 11 is 15.4. The van der Waals surface area contributed by atoms with Crippen LogP contribution in [0.3, 0.4) is 0 Å². The molecule has 0 amide bonds. The molecule has 28 heavy (non-hydrogen) atoms. The van der Waals surface area contributed by atoms with Crippen molar-refractivity contribution in [3.05, 3.63) is 61.8 Å². The second kappa shape index (κ2) is 7.60. The summed E-state index contributed by atoms with van der Waals surface area (Å²) in [6.07, 6.45) is 1.59. The van der Waals surface area contributed by atoms with Crippen molar-refractivity contribution >= 4 is 67.2 Å². The zero-order valence-electron chi connectivity index (χ0n) is 14.3. The molecule has 4 aromatic rings. The van der Waals surface area contributed by atoms with Gasteiger partial charge in [-0.25, -0.2) is 4.98 Å². The fourth-order valence-corrected chi connectivity index (χ4v) is 4.92. The fourth-order valence-electron chi connectivity index (χ4n) is 2.72. The van der Waals surface area contributed by atoms with Crippen molar-refractivity contribution < 1.29 is 9.84 Å². The lowest BCUT2D eigenvalue weighted by Crippen LogP contribution is -2.10. The van der Waals surface area contributed by atoms with Crippen molar-refractivity contribution in [1.82, 2.24) is 9.97 Å². The summed E-state index contributed by atoms with van der Waals surface area (Å²) in [7, 11) is 1.43. The van der Waals surface area contributed by atoms with E-state index in [9.17, 15) is 9.90 Å². The second-order valence-corrected chi connectivity index (χ2v) is 8.39. The molecule has 0 fully saturated rings. The van der Waals surface area contributed by atoms with Gasteiger partial charge in [0, 0.05) is 15.8 Å². The standard InChI is InChI=1S/C19H12Cl2N2O3S2/c1-26-13-7-9(5-11(20)16(13)24)6-12(21)17-22-18(25)15-10(8-28-19(15)23-17)14-3-2-4-27-14/h2-8,24H,1H3,(H,22,23,25)/b12-6-. The van der Waals surface area contributed by atoms with E-state index < -0.39 is 0 Å². The maximum atomic E-state index is 12.7. The molecule has 142 valence electrons. The van der Waals surface area contributed by atoms with Gasteiger partial charge in [-0.3, -0.25) is 4.79 Å². The highest BCUT2D eigenvalue weighted by atomic mass is 35.5. The highest BCUT2D eigenvalue weighted by Gasteiger charge is 2.15. The molecule has 0 spiro atoms. The molecule has 0 saturated carbocycles. The van der Waals surface area contributed by atoms with E-state index in [4.69, 9.17) is 27.9 Å². The lowest BCUT2D eigenvalue weighted by atomic mass is 10.2. The minimum atomic E-state index is -0.252. The Morgan fingerprint density at radius 2 is 2.18 bits per heavy atom. The molecule has 0 bridgehead atoms. The topological polar surface area (TPSA) is 75.2 Å². The molecule has 0 radical (unpaired) electrons. The molecule has 0 aliphatic heterocycles. The summed E-state index contributed by atoms with van der Waals surface area (Å²) in [5.74, 6) is 0.325. The Balaban J connectivity index is 1.78. The Morgan fingerprint density at radius 1 is 1.36 bits per heavy atom. The number of rotatable bonds is 4. The van der Waals surface area contributed by atoms with Crippen LogP contribution >= 0.6 is 45.9 Å². The highest BCUT2D eigenvalue weighted by Crippen LogP contribution is 2.37. The van der Waals surface area contributed by atoms with Gasteiger partial charge in [0.1, 0.15) is 4.83 Å². The van der Waals surface area contributed by atoms with Crippen LogP contribution in [0.4, 0.5) is 0 Å². The van der Waals surface area contributed by atoms with Gasteiger partial charge in [-0.05, 0) is 35.2 Å². The molecule has 0 atom stereocenters. The molecule has 5 nitrogen and oxygen atoms in total. The third kappa shape index (κ3) is 3.42. The number of ether oxygens (including phenoxy) is 1. The van der Waals surface area contributed by atoms with Crippen molar-refractivity contribution in [1.29, 1.82) is 0 Å². The predicted molar refractivity (Wildman–Crippen MR) is 117 cm³/mol. The SMILES string of the molecule is COc1cc(/C=C(\Cl)c2nc3scc(-c4cccs4)c3c(=O)[nH]2)cc(Cl)c1O. The van der Waals surface area contributed by atoms with Gasteiger partial charge in [0.15, 0.2) is 17.3 Å². The van der Waals surface area contributed by atoms with E-state index >= 15 is 0 Å². The average molecular weight is 451 g/mol.